The molecule has 0 spiro atoms. The Morgan fingerprint density at radius 1 is 1.40 bits per heavy atom. The molecule has 1 rings (SSSR count). The Balaban J connectivity index is 2.14. The lowest BCUT2D eigenvalue weighted by Crippen LogP contribution is -2.21. The third-order valence-corrected chi connectivity index (χ3v) is 2.10. The average Bonchev–Trinajstić information content (AvgIpc) is 2.66. The maximum atomic E-state index is 5.55. The highest BCUT2D eigenvalue weighted by molar-refractivity contribution is 4.94. The lowest BCUT2D eigenvalue weighted by Gasteiger charge is -2.00. The van der Waals surface area contributed by atoms with E-state index in [1.54, 1.807) is 7.11 Å². The summed E-state index contributed by atoms with van der Waals surface area (Å²) in [6.07, 6.45) is 4.74. The molecule has 1 heterocycles. The smallest absolute Gasteiger partial charge is 0.195 e. The minimum absolute atomic E-state index is 0.743. The minimum Gasteiger partial charge on any atom is -0.446 e. The van der Waals surface area contributed by atoms with Crippen molar-refractivity contribution in [2.24, 2.45) is 0 Å². The predicted molar refractivity (Wildman–Crippen MR) is 58.9 cm³/mol. The van der Waals surface area contributed by atoms with Crippen LogP contribution in [0.2, 0.25) is 0 Å². The molecule has 86 valence electrons. The molecule has 15 heavy (non-hydrogen) atoms. The Morgan fingerprint density at radius 3 is 3.00 bits per heavy atom. The fraction of sp³-hybridized carbons (Fsp3) is 0.727. The molecular formula is C11H20N2O2. The quantitative estimate of drug-likeness (QED) is 0.662. The van der Waals surface area contributed by atoms with Crippen molar-refractivity contribution in [1.29, 1.82) is 0 Å². The summed E-state index contributed by atoms with van der Waals surface area (Å²) in [7, 11) is 1.70. The molecule has 1 aromatic heterocycles. The summed E-state index contributed by atoms with van der Waals surface area (Å²) in [6.45, 7) is 4.63. The number of aryl methyl sites for hydroxylation is 1. The zero-order valence-electron chi connectivity index (χ0n) is 9.58. The molecule has 0 saturated heterocycles. The maximum absolute atomic E-state index is 5.55. The van der Waals surface area contributed by atoms with Gasteiger partial charge in [-0.2, -0.15) is 0 Å². The van der Waals surface area contributed by atoms with E-state index in [1.165, 1.54) is 0 Å². The van der Waals surface area contributed by atoms with Crippen LogP contribution in [0.3, 0.4) is 0 Å². The van der Waals surface area contributed by atoms with Crippen molar-refractivity contribution in [3.8, 4) is 0 Å². The highest BCUT2D eigenvalue weighted by atomic mass is 16.5. The third-order valence-electron chi connectivity index (χ3n) is 2.10. The molecule has 1 N–H and O–H groups in total. The van der Waals surface area contributed by atoms with Gasteiger partial charge in [-0.15, -0.1) is 0 Å². The average molecular weight is 212 g/mol. The molecule has 4 heteroatoms. The molecule has 0 aliphatic rings. The van der Waals surface area contributed by atoms with Crippen LogP contribution in [0.4, 0.5) is 0 Å². The van der Waals surface area contributed by atoms with Crippen molar-refractivity contribution in [2.75, 3.05) is 26.8 Å². The van der Waals surface area contributed by atoms with Gasteiger partial charge < -0.3 is 14.5 Å². The van der Waals surface area contributed by atoms with Gasteiger partial charge in [0.25, 0.3) is 0 Å². The number of ether oxygens (including phenoxy) is 1. The van der Waals surface area contributed by atoms with Gasteiger partial charge in [-0.3, -0.25) is 0 Å². The number of nitrogens with zero attached hydrogens (tertiary/aromatic N) is 1. The van der Waals surface area contributed by atoms with Crippen LogP contribution >= 0.6 is 0 Å². The van der Waals surface area contributed by atoms with Crippen molar-refractivity contribution >= 4 is 0 Å². The highest BCUT2D eigenvalue weighted by Crippen LogP contribution is 2.06. The summed E-state index contributed by atoms with van der Waals surface area (Å²) < 4.78 is 10.5. The van der Waals surface area contributed by atoms with E-state index in [0.29, 0.717) is 0 Å². The van der Waals surface area contributed by atoms with Gasteiger partial charge in [-0.1, -0.05) is 6.92 Å². The number of hydrogen-bond donors (Lipinski definition) is 1. The third kappa shape index (κ3) is 4.95. The van der Waals surface area contributed by atoms with E-state index >= 15 is 0 Å². The first-order valence-electron chi connectivity index (χ1n) is 5.50. The molecule has 0 unspecified atom stereocenters. The van der Waals surface area contributed by atoms with Crippen LogP contribution in [-0.2, 0) is 17.6 Å². The largest absolute Gasteiger partial charge is 0.446 e. The summed E-state index contributed by atoms with van der Waals surface area (Å²) >= 11 is 0. The molecule has 0 saturated carbocycles. The molecule has 0 amide bonds. The second-order valence-corrected chi connectivity index (χ2v) is 3.46. The van der Waals surface area contributed by atoms with E-state index in [0.717, 1.165) is 50.6 Å². The van der Waals surface area contributed by atoms with E-state index in [-0.39, 0.29) is 0 Å². The Kier molecular flexibility index (Phi) is 6.04. The summed E-state index contributed by atoms with van der Waals surface area (Å²) in [5, 5.41) is 3.25. The van der Waals surface area contributed by atoms with Crippen molar-refractivity contribution < 1.29 is 9.15 Å². The van der Waals surface area contributed by atoms with Crippen molar-refractivity contribution in [2.45, 2.75) is 26.2 Å². The molecule has 4 nitrogen and oxygen atoms in total. The summed E-state index contributed by atoms with van der Waals surface area (Å²) in [4.78, 5) is 4.21. The Morgan fingerprint density at radius 2 is 2.27 bits per heavy atom. The number of rotatable bonds is 8. The van der Waals surface area contributed by atoms with Gasteiger partial charge in [0.05, 0.1) is 12.8 Å². The standard InChI is InChI=1S/C11H20N2O2/c1-3-4-10-9-13-11(15-10)5-6-12-7-8-14-2/h9,12H,3-8H2,1-2H3. The topological polar surface area (TPSA) is 47.3 Å². The first kappa shape index (κ1) is 12.2. The van der Waals surface area contributed by atoms with Gasteiger partial charge >= 0.3 is 0 Å². The van der Waals surface area contributed by atoms with E-state index in [4.69, 9.17) is 9.15 Å². The predicted octanol–water partition coefficient (Wildman–Crippen LogP) is 1.41. The number of methoxy groups -OCH3 is 1. The Bertz CT molecular complexity index is 261. The van der Waals surface area contributed by atoms with E-state index in [1.807, 2.05) is 6.20 Å². The van der Waals surface area contributed by atoms with Crippen LogP contribution in [0.25, 0.3) is 0 Å². The first-order valence-corrected chi connectivity index (χ1v) is 5.50. The van der Waals surface area contributed by atoms with Crippen LogP contribution in [0.1, 0.15) is 25.0 Å². The van der Waals surface area contributed by atoms with Gasteiger partial charge in [0.2, 0.25) is 0 Å². The zero-order valence-corrected chi connectivity index (χ0v) is 9.58. The molecule has 0 aliphatic heterocycles. The maximum Gasteiger partial charge on any atom is 0.195 e. The van der Waals surface area contributed by atoms with Crippen LogP contribution in [0.5, 0.6) is 0 Å². The molecule has 0 atom stereocenters. The summed E-state index contributed by atoms with van der Waals surface area (Å²) in [5.41, 5.74) is 0. The molecule has 1 aromatic rings. The summed E-state index contributed by atoms with van der Waals surface area (Å²) in [6, 6.07) is 0. The first-order chi connectivity index (χ1) is 7.36. The number of aromatic nitrogens is 1. The fourth-order valence-corrected chi connectivity index (χ4v) is 1.32. The van der Waals surface area contributed by atoms with Crippen LogP contribution < -0.4 is 5.32 Å². The second kappa shape index (κ2) is 7.43. The molecule has 0 aromatic carbocycles. The summed E-state index contributed by atoms with van der Waals surface area (Å²) in [5.74, 6) is 1.81. The highest BCUT2D eigenvalue weighted by Gasteiger charge is 2.02. The van der Waals surface area contributed by atoms with Gasteiger partial charge in [0.1, 0.15) is 5.76 Å². The lowest BCUT2D eigenvalue weighted by atomic mass is 10.3. The van der Waals surface area contributed by atoms with Gasteiger partial charge in [0, 0.05) is 33.0 Å². The van der Waals surface area contributed by atoms with Gasteiger partial charge in [0.15, 0.2) is 5.89 Å². The molecular weight excluding hydrogens is 192 g/mol. The lowest BCUT2D eigenvalue weighted by molar-refractivity contribution is 0.199. The van der Waals surface area contributed by atoms with Crippen molar-refractivity contribution in [1.82, 2.24) is 10.3 Å². The Hall–Kier alpha value is -0.870. The fourth-order valence-electron chi connectivity index (χ4n) is 1.32. The Labute approximate surface area is 91.0 Å². The van der Waals surface area contributed by atoms with Crippen molar-refractivity contribution in [3.63, 3.8) is 0 Å². The van der Waals surface area contributed by atoms with Crippen molar-refractivity contribution in [3.05, 3.63) is 17.8 Å². The number of nitrogens with one attached hydrogen (secondary N) is 1. The second-order valence-electron chi connectivity index (χ2n) is 3.46. The molecule has 0 radical (unpaired) electrons. The molecule has 0 fully saturated rings. The normalized spacial score (nSPS) is 10.8. The molecule has 0 bridgehead atoms. The van der Waals surface area contributed by atoms with Crippen LogP contribution in [0.15, 0.2) is 10.6 Å². The van der Waals surface area contributed by atoms with Crippen LogP contribution in [0, 0.1) is 0 Å². The molecule has 0 aliphatic carbocycles. The minimum atomic E-state index is 0.743. The van der Waals surface area contributed by atoms with E-state index in [2.05, 4.69) is 17.2 Å². The van der Waals surface area contributed by atoms with Crippen LogP contribution in [-0.4, -0.2) is 31.8 Å². The number of hydrogen-bond acceptors (Lipinski definition) is 4. The number of oxazole rings is 1. The van der Waals surface area contributed by atoms with E-state index in [9.17, 15) is 0 Å². The monoisotopic (exact) mass is 212 g/mol. The van der Waals surface area contributed by atoms with Gasteiger partial charge in [-0.05, 0) is 6.42 Å². The zero-order chi connectivity index (χ0) is 10.9. The van der Waals surface area contributed by atoms with E-state index < -0.39 is 0 Å². The SMILES string of the molecule is CCCc1cnc(CCNCCOC)o1. The van der Waals surface area contributed by atoms with Gasteiger partial charge in [-0.25, -0.2) is 4.98 Å².